The summed E-state index contributed by atoms with van der Waals surface area (Å²) in [5.41, 5.74) is 1.33. The maximum atomic E-state index is 13.5. The Hall–Kier alpha value is -4.23. The van der Waals surface area contributed by atoms with Gasteiger partial charge in [-0.3, -0.25) is 9.59 Å². The van der Waals surface area contributed by atoms with Gasteiger partial charge in [0, 0.05) is 13.1 Å². The molecule has 7 heteroatoms. The normalized spacial score (nSPS) is 16.0. The van der Waals surface area contributed by atoms with Gasteiger partial charge in [-0.05, 0) is 30.5 Å². The second-order valence-electron chi connectivity index (χ2n) is 9.77. The SMILES string of the molecule is CC1c2ncc(C(=O)N[C@@H](C)C(O)(c3ccccc3)c3ccccc3)n2CCN1C(=O)Cc1ccccc1. The van der Waals surface area contributed by atoms with Gasteiger partial charge in [-0.15, -0.1) is 0 Å². The van der Waals surface area contributed by atoms with Crippen LogP contribution in [0.2, 0.25) is 0 Å². The Balaban J connectivity index is 1.35. The third-order valence-electron chi connectivity index (χ3n) is 7.45. The lowest BCUT2D eigenvalue weighted by Crippen LogP contribution is -2.50. The average Bonchev–Trinajstić information content (AvgIpc) is 3.39. The first kappa shape index (κ1) is 25.4. The van der Waals surface area contributed by atoms with E-state index in [1.54, 1.807) is 13.1 Å². The van der Waals surface area contributed by atoms with Crippen molar-refractivity contribution < 1.29 is 14.7 Å². The molecule has 0 bridgehead atoms. The van der Waals surface area contributed by atoms with Gasteiger partial charge in [-0.25, -0.2) is 4.98 Å². The smallest absolute Gasteiger partial charge is 0.269 e. The number of hydrogen-bond acceptors (Lipinski definition) is 4. The van der Waals surface area contributed by atoms with Crippen molar-refractivity contribution in [3.05, 3.63) is 125 Å². The quantitative estimate of drug-likeness (QED) is 0.394. The lowest BCUT2D eigenvalue weighted by molar-refractivity contribution is -0.133. The molecule has 1 unspecified atom stereocenters. The molecular formula is C31H32N4O3. The number of hydrogen-bond donors (Lipinski definition) is 2. The van der Waals surface area contributed by atoms with Gasteiger partial charge < -0.3 is 19.9 Å². The minimum Gasteiger partial charge on any atom is -0.378 e. The minimum atomic E-state index is -1.43. The van der Waals surface area contributed by atoms with Crippen LogP contribution in [0.3, 0.4) is 0 Å². The predicted molar refractivity (Wildman–Crippen MR) is 145 cm³/mol. The van der Waals surface area contributed by atoms with Gasteiger partial charge in [0.05, 0.1) is 24.7 Å². The predicted octanol–water partition coefficient (Wildman–Crippen LogP) is 4.08. The molecule has 0 aliphatic carbocycles. The molecule has 4 aromatic rings. The number of fused-ring (bicyclic) bond motifs is 1. The van der Waals surface area contributed by atoms with Gasteiger partial charge in [0.15, 0.2) is 0 Å². The Morgan fingerprint density at radius 3 is 2.08 bits per heavy atom. The van der Waals surface area contributed by atoms with E-state index in [9.17, 15) is 14.7 Å². The number of amides is 2. The van der Waals surface area contributed by atoms with Crippen LogP contribution in [-0.4, -0.2) is 44.0 Å². The molecule has 0 radical (unpaired) electrons. The Kier molecular flexibility index (Phi) is 7.11. The summed E-state index contributed by atoms with van der Waals surface area (Å²) in [6.45, 7) is 4.70. The van der Waals surface area contributed by atoms with Crippen molar-refractivity contribution in [1.29, 1.82) is 0 Å². The van der Waals surface area contributed by atoms with Crippen molar-refractivity contribution in [2.75, 3.05) is 6.54 Å². The first-order valence-electron chi connectivity index (χ1n) is 12.9. The molecule has 2 heterocycles. The standard InChI is InChI=1S/C31H32N4O3/c1-22-29-32-21-27(35(29)19-18-34(22)28(36)20-24-12-6-3-7-13-24)30(37)33-23(2)31(38,25-14-8-4-9-15-25)26-16-10-5-11-17-26/h3-17,21-23,38H,18-20H2,1-2H3,(H,33,37)/t22?,23-/m0/s1. The number of nitrogens with one attached hydrogen (secondary N) is 1. The summed E-state index contributed by atoms with van der Waals surface area (Å²) in [4.78, 5) is 32.9. The number of benzene rings is 3. The molecule has 38 heavy (non-hydrogen) atoms. The van der Waals surface area contributed by atoms with E-state index in [-0.39, 0.29) is 17.9 Å². The Bertz CT molecular complexity index is 1360. The van der Waals surface area contributed by atoms with Gasteiger partial charge >= 0.3 is 0 Å². The van der Waals surface area contributed by atoms with Crippen LogP contribution in [0.4, 0.5) is 0 Å². The second-order valence-corrected chi connectivity index (χ2v) is 9.77. The molecule has 0 fully saturated rings. The summed E-state index contributed by atoms with van der Waals surface area (Å²) in [5.74, 6) is 0.392. The minimum absolute atomic E-state index is 0.0355. The van der Waals surface area contributed by atoms with E-state index in [2.05, 4.69) is 10.3 Å². The summed E-state index contributed by atoms with van der Waals surface area (Å²) >= 11 is 0. The van der Waals surface area contributed by atoms with Gasteiger partial charge in [-0.2, -0.15) is 0 Å². The van der Waals surface area contributed by atoms with Crippen molar-refractivity contribution in [3.8, 4) is 0 Å². The van der Waals surface area contributed by atoms with Crippen LogP contribution in [0.25, 0.3) is 0 Å². The number of carbonyl (C=O) groups excluding carboxylic acids is 2. The lowest BCUT2D eigenvalue weighted by Gasteiger charge is -2.36. The van der Waals surface area contributed by atoms with Crippen LogP contribution in [0.1, 0.15) is 52.9 Å². The zero-order valence-electron chi connectivity index (χ0n) is 21.6. The van der Waals surface area contributed by atoms with Gasteiger partial charge in [0.25, 0.3) is 5.91 Å². The maximum Gasteiger partial charge on any atom is 0.269 e. The van der Waals surface area contributed by atoms with Crippen molar-refractivity contribution in [2.24, 2.45) is 0 Å². The summed E-state index contributed by atoms with van der Waals surface area (Å²) in [7, 11) is 0. The molecule has 1 aromatic heterocycles. The van der Waals surface area contributed by atoms with Crippen molar-refractivity contribution in [2.45, 2.75) is 44.5 Å². The molecule has 7 nitrogen and oxygen atoms in total. The van der Waals surface area contributed by atoms with E-state index in [1.807, 2.05) is 107 Å². The highest BCUT2D eigenvalue weighted by atomic mass is 16.3. The van der Waals surface area contributed by atoms with Crippen LogP contribution in [-0.2, 0) is 23.4 Å². The Morgan fingerprint density at radius 1 is 0.947 bits per heavy atom. The van der Waals surface area contributed by atoms with Crippen LogP contribution >= 0.6 is 0 Å². The molecule has 5 rings (SSSR count). The molecule has 2 amide bonds. The van der Waals surface area contributed by atoms with Crippen LogP contribution in [0.5, 0.6) is 0 Å². The number of nitrogens with zero attached hydrogens (tertiary/aromatic N) is 3. The third-order valence-corrected chi connectivity index (χ3v) is 7.45. The summed E-state index contributed by atoms with van der Waals surface area (Å²) in [6, 6.07) is 27.5. The molecule has 3 aromatic carbocycles. The number of aliphatic hydroxyl groups is 1. The molecule has 0 saturated heterocycles. The number of aromatic nitrogens is 2. The Morgan fingerprint density at radius 2 is 1.50 bits per heavy atom. The van der Waals surface area contributed by atoms with Gasteiger partial charge in [0.1, 0.15) is 17.1 Å². The molecule has 194 valence electrons. The lowest BCUT2D eigenvalue weighted by atomic mass is 9.81. The van der Waals surface area contributed by atoms with Crippen LogP contribution < -0.4 is 5.32 Å². The molecule has 0 spiro atoms. The van der Waals surface area contributed by atoms with E-state index in [1.165, 1.54) is 0 Å². The fourth-order valence-corrected chi connectivity index (χ4v) is 5.32. The first-order chi connectivity index (χ1) is 18.4. The largest absolute Gasteiger partial charge is 0.378 e. The molecule has 0 saturated carbocycles. The van der Waals surface area contributed by atoms with E-state index in [4.69, 9.17) is 0 Å². The molecule has 1 aliphatic heterocycles. The molecular weight excluding hydrogens is 476 g/mol. The zero-order valence-corrected chi connectivity index (χ0v) is 21.6. The van der Waals surface area contributed by atoms with E-state index in [0.29, 0.717) is 42.2 Å². The topological polar surface area (TPSA) is 87.5 Å². The zero-order chi connectivity index (χ0) is 26.7. The highest BCUT2D eigenvalue weighted by Gasteiger charge is 2.39. The van der Waals surface area contributed by atoms with E-state index < -0.39 is 11.6 Å². The van der Waals surface area contributed by atoms with Crippen molar-refractivity contribution >= 4 is 11.8 Å². The van der Waals surface area contributed by atoms with Crippen LogP contribution in [0.15, 0.2) is 97.2 Å². The first-order valence-corrected chi connectivity index (χ1v) is 12.9. The number of carbonyl (C=O) groups is 2. The average molecular weight is 509 g/mol. The molecule has 1 aliphatic rings. The summed E-state index contributed by atoms with van der Waals surface area (Å²) < 4.78 is 1.88. The van der Waals surface area contributed by atoms with E-state index in [0.717, 1.165) is 5.56 Å². The fourth-order valence-electron chi connectivity index (χ4n) is 5.32. The molecule has 2 N–H and O–H groups in total. The van der Waals surface area contributed by atoms with Crippen molar-refractivity contribution in [1.82, 2.24) is 19.8 Å². The fraction of sp³-hybridized carbons (Fsp3) is 0.258. The maximum absolute atomic E-state index is 13.5. The summed E-state index contributed by atoms with van der Waals surface area (Å²) in [5, 5.41) is 15.0. The molecule has 2 atom stereocenters. The van der Waals surface area contributed by atoms with Gasteiger partial charge in [0.2, 0.25) is 5.91 Å². The van der Waals surface area contributed by atoms with Crippen molar-refractivity contribution in [3.63, 3.8) is 0 Å². The van der Waals surface area contributed by atoms with Crippen LogP contribution in [0, 0.1) is 0 Å². The van der Waals surface area contributed by atoms with E-state index >= 15 is 0 Å². The Labute approximate surface area is 222 Å². The third kappa shape index (κ3) is 4.73. The second kappa shape index (κ2) is 10.6. The monoisotopic (exact) mass is 508 g/mol. The number of rotatable bonds is 7. The highest BCUT2D eigenvalue weighted by molar-refractivity contribution is 5.93. The summed E-state index contributed by atoms with van der Waals surface area (Å²) in [6.07, 6.45) is 1.89. The number of imidazole rings is 1. The van der Waals surface area contributed by atoms with Gasteiger partial charge in [-0.1, -0.05) is 91.0 Å². The highest BCUT2D eigenvalue weighted by Crippen LogP contribution is 2.33.